The third kappa shape index (κ3) is 4.15. The second-order valence-electron chi connectivity index (χ2n) is 4.77. The van der Waals surface area contributed by atoms with Crippen LogP contribution in [0.1, 0.15) is 9.80 Å². The Balaban J connectivity index is 1.84. The van der Waals surface area contributed by atoms with Crippen LogP contribution >= 0.6 is 11.3 Å². The molecule has 3 aromatic rings. The quantitative estimate of drug-likeness (QED) is 0.728. The molecule has 1 aromatic carbocycles. The van der Waals surface area contributed by atoms with Gasteiger partial charge in [0.1, 0.15) is 5.75 Å². The summed E-state index contributed by atoms with van der Waals surface area (Å²) in [6.45, 7) is -1.47. The highest BCUT2D eigenvalue weighted by atomic mass is 32.1. The molecule has 0 saturated heterocycles. The fourth-order valence-electron chi connectivity index (χ4n) is 1.89. The van der Waals surface area contributed by atoms with E-state index in [1.54, 1.807) is 6.07 Å². The number of pyridine rings is 1. The lowest BCUT2D eigenvalue weighted by Gasteiger charge is -2.12. The van der Waals surface area contributed by atoms with Gasteiger partial charge in [-0.15, -0.1) is 11.3 Å². The molecule has 10 heteroatoms. The first kappa shape index (κ1) is 17.0. The first-order valence-corrected chi connectivity index (χ1v) is 7.60. The van der Waals surface area contributed by atoms with Gasteiger partial charge in [-0.1, -0.05) is 0 Å². The zero-order valence-corrected chi connectivity index (χ0v) is 13.1. The molecule has 0 spiro atoms. The smallest absolute Gasteiger partial charge is 0.422 e. The number of alkyl halides is 3. The average molecular weight is 370 g/mol. The van der Waals surface area contributed by atoms with Gasteiger partial charge >= 0.3 is 12.1 Å². The molecule has 0 unspecified atom stereocenters. The van der Waals surface area contributed by atoms with Gasteiger partial charge in [0.05, 0.1) is 10.2 Å². The molecule has 2 heterocycles. The number of fused-ring (bicyclic) bond motifs is 1. The monoisotopic (exact) mass is 370 g/mol. The lowest BCUT2D eigenvalue weighted by atomic mass is 10.3. The Bertz CT molecular complexity index is 927. The maximum Gasteiger partial charge on any atom is 0.422 e. The summed E-state index contributed by atoms with van der Waals surface area (Å²) in [4.78, 5) is 18.7. The van der Waals surface area contributed by atoms with Crippen LogP contribution in [0, 0.1) is 0 Å². The highest BCUT2D eigenvalue weighted by molar-refractivity contribution is 7.20. The highest BCUT2D eigenvalue weighted by Crippen LogP contribution is 2.33. The van der Waals surface area contributed by atoms with Crippen LogP contribution in [0.5, 0.6) is 17.4 Å². The summed E-state index contributed by atoms with van der Waals surface area (Å²) in [5.74, 6) is -1.16. The first-order valence-electron chi connectivity index (χ1n) is 6.78. The van der Waals surface area contributed by atoms with Crippen molar-refractivity contribution in [2.75, 3.05) is 6.61 Å². The van der Waals surface area contributed by atoms with Crippen molar-refractivity contribution in [2.45, 2.75) is 6.18 Å². The Kier molecular flexibility index (Phi) is 4.45. The SMILES string of the molecule is O=C(O)c1nc2ccc(Oc3ncccc3OCC(F)(F)F)cc2s1. The standard InChI is InChI=1S/C15H9F3N2O4S/c16-15(17,18)7-23-10-2-1-5-19-12(10)24-8-3-4-9-11(6-8)25-13(20-9)14(21)22/h1-6H,7H2,(H,21,22). The predicted molar refractivity (Wildman–Crippen MR) is 82.4 cm³/mol. The summed E-state index contributed by atoms with van der Waals surface area (Å²) < 4.78 is 47.6. The molecule has 0 aliphatic carbocycles. The molecule has 0 atom stereocenters. The Morgan fingerprint density at radius 2 is 2.08 bits per heavy atom. The van der Waals surface area contributed by atoms with E-state index in [1.165, 1.54) is 30.5 Å². The number of carboxylic acid groups (broad SMARTS) is 1. The molecular formula is C15H9F3N2O4S. The molecule has 3 rings (SSSR count). The van der Waals surface area contributed by atoms with Gasteiger partial charge < -0.3 is 14.6 Å². The number of aromatic carboxylic acids is 1. The van der Waals surface area contributed by atoms with Crippen molar-refractivity contribution in [3.63, 3.8) is 0 Å². The maximum absolute atomic E-state index is 12.3. The van der Waals surface area contributed by atoms with Crippen LogP contribution in [0.4, 0.5) is 13.2 Å². The van der Waals surface area contributed by atoms with Crippen LogP contribution < -0.4 is 9.47 Å². The van der Waals surface area contributed by atoms with E-state index < -0.39 is 18.8 Å². The Morgan fingerprint density at radius 1 is 1.28 bits per heavy atom. The predicted octanol–water partition coefficient (Wildman–Crippen LogP) is 4.12. The summed E-state index contributed by atoms with van der Waals surface area (Å²) in [6.07, 6.45) is -3.13. The lowest BCUT2D eigenvalue weighted by Crippen LogP contribution is -2.19. The molecular weight excluding hydrogens is 361 g/mol. The zero-order chi connectivity index (χ0) is 18.0. The summed E-state index contributed by atoms with van der Waals surface area (Å²) in [7, 11) is 0. The van der Waals surface area contributed by atoms with E-state index in [0.717, 1.165) is 11.3 Å². The highest BCUT2D eigenvalue weighted by Gasteiger charge is 2.29. The van der Waals surface area contributed by atoms with Crippen molar-refractivity contribution in [1.29, 1.82) is 0 Å². The second kappa shape index (κ2) is 6.55. The van der Waals surface area contributed by atoms with Crippen molar-refractivity contribution in [3.8, 4) is 17.4 Å². The van der Waals surface area contributed by atoms with Gasteiger partial charge in [0.2, 0.25) is 5.01 Å². The molecule has 0 amide bonds. The molecule has 1 N–H and O–H groups in total. The van der Waals surface area contributed by atoms with Crippen molar-refractivity contribution < 1.29 is 32.5 Å². The van der Waals surface area contributed by atoms with E-state index >= 15 is 0 Å². The number of halogens is 3. The number of rotatable bonds is 5. The van der Waals surface area contributed by atoms with Crippen molar-refractivity contribution >= 4 is 27.5 Å². The summed E-state index contributed by atoms with van der Waals surface area (Å²) in [5.41, 5.74) is 0.476. The van der Waals surface area contributed by atoms with Gasteiger partial charge in [-0.2, -0.15) is 13.2 Å². The van der Waals surface area contributed by atoms with Gasteiger partial charge in [0.25, 0.3) is 5.88 Å². The number of carboxylic acids is 1. The van der Waals surface area contributed by atoms with Crippen molar-refractivity contribution in [1.82, 2.24) is 9.97 Å². The number of hydrogen-bond donors (Lipinski definition) is 1. The minimum atomic E-state index is -4.48. The van der Waals surface area contributed by atoms with Crippen LogP contribution in [0.25, 0.3) is 10.2 Å². The normalized spacial score (nSPS) is 11.5. The minimum absolute atomic E-state index is 0.0702. The molecule has 25 heavy (non-hydrogen) atoms. The van der Waals surface area contributed by atoms with Crippen LogP contribution in [0.15, 0.2) is 36.5 Å². The molecule has 6 nitrogen and oxygen atoms in total. The third-order valence-corrected chi connectivity index (χ3v) is 3.89. The zero-order valence-electron chi connectivity index (χ0n) is 12.3. The number of nitrogens with zero attached hydrogens (tertiary/aromatic N) is 2. The first-order chi connectivity index (χ1) is 11.8. The van der Waals surface area contributed by atoms with E-state index in [2.05, 4.69) is 9.97 Å². The number of ether oxygens (including phenoxy) is 2. The fourth-order valence-corrected chi connectivity index (χ4v) is 2.73. The maximum atomic E-state index is 12.3. The van der Waals surface area contributed by atoms with Crippen molar-refractivity contribution in [3.05, 3.63) is 41.5 Å². The molecule has 0 aliphatic rings. The number of thiazole rings is 1. The third-order valence-electron chi connectivity index (χ3n) is 2.88. The Labute approximate surface area is 142 Å². The van der Waals surface area contributed by atoms with E-state index in [1.807, 2.05) is 0 Å². The largest absolute Gasteiger partial charge is 0.478 e. The van der Waals surface area contributed by atoms with E-state index in [-0.39, 0.29) is 22.4 Å². The molecule has 0 saturated carbocycles. The number of hydrogen-bond acceptors (Lipinski definition) is 6. The fraction of sp³-hybridized carbons (Fsp3) is 0.133. The number of aromatic nitrogens is 2. The second-order valence-corrected chi connectivity index (χ2v) is 5.80. The van der Waals surface area contributed by atoms with Crippen LogP contribution in [-0.4, -0.2) is 33.8 Å². The van der Waals surface area contributed by atoms with Gasteiger partial charge in [-0.25, -0.2) is 14.8 Å². The average Bonchev–Trinajstić information content (AvgIpc) is 2.97. The molecule has 0 bridgehead atoms. The lowest BCUT2D eigenvalue weighted by molar-refractivity contribution is -0.153. The Hall–Kier alpha value is -2.88. The van der Waals surface area contributed by atoms with Crippen LogP contribution in [-0.2, 0) is 0 Å². The minimum Gasteiger partial charge on any atom is -0.478 e. The topological polar surface area (TPSA) is 81.5 Å². The van der Waals surface area contributed by atoms with Crippen LogP contribution in [0.2, 0.25) is 0 Å². The number of carbonyl (C=O) groups is 1. The summed E-state index contributed by atoms with van der Waals surface area (Å²) in [6, 6.07) is 7.32. The number of benzene rings is 1. The van der Waals surface area contributed by atoms with Crippen molar-refractivity contribution in [2.24, 2.45) is 0 Å². The molecule has 130 valence electrons. The molecule has 2 aromatic heterocycles. The van der Waals surface area contributed by atoms with Crippen LogP contribution in [0.3, 0.4) is 0 Å². The molecule has 0 radical (unpaired) electrons. The molecule has 0 aliphatic heterocycles. The summed E-state index contributed by atoms with van der Waals surface area (Å²) >= 11 is 0.957. The van der Waals surface area contributed by atoms with E-state index in [9.17, 15) is 18.0 Å². The van der Waals surface area contributed by atoms with E-state index in [0.29, 0.717) is 10.2 Å². The Morgan fingerprint density at radius 3 is 2.80 bits per heavy atom. The summed E-state index contributed by atoms with van der Waals surface area (Å²) in [5, 5.41) is 8.88. The van der Waals surface area contributed by atoms with Gasteiger partial charge in [0.15, 0.2) is 12.4 Å². The molecule has 0 fully saturated rings. The van der Waals surface area contributed by atoms with E-state index in [4.69, 9.17) is 14.6 Å². The van der Waals surface area contributed by atoms with Gasteiger partial charge in [0, 0.05) is 12.3 Å². The van der Waals surface area contributed by atoms with Gasteiger partial charge in [-0.3, -0.25) is 0 Å². The van der Waals surface area contributed by atoms with Gasteiger partial charge in [-0.05, 0) is 24.3 Å².